The van der Waals surface area contributed by atoms with Crippen LogP contribution in [0.25, 0.3) is 0 Å². The van der Waals surface area contributed by atoms with Gasteiger partial charge in [0.05, 0.1) is 13.3 Å². The van der Waals surface area contributed by atoms with E-state index < -0.39 is 89.4 Å². The zero-order valence-electron chi connectivity index (χ0n) is 31.3. The fourth-order valence-corrected chi connectivity index (χ4v) is 8.55. The topological polar surface area (TPSA) is 209 Å². The Morgan fingerprint density at radius 2 is 1.56 bits per heavy atom. The predicted molar refractivity (Wildman–Crippen MR) is 197 cm³/mol. The molecule has 7 rings (SSSR count). The lowest BCUT2D eigenvalue weighted by atomic mass is 9.91. The second-order valence-electron chi connectivity index (χ2n) is 15.2. The van der Waals surface area contributed by atoms with Crippen molar-refractivity contribution in [1.29, 1.82) is 0 Å². The van der Waals surface area contributed by atoms with E-state index in [-0.39, 0.29) is 25.0 Å². The van der Waals surface area contributed by atoms with Crippen molar-refractivity contribution >= 4 is 58.9 Å². The molecule has 0 aliphatic carbocycles. The highest BCUT2D eigenvalue weighted by Crippen LogP contribution is 2.50. The minimum atomic E-state index is -1.74. The van der Waals surface area contributed by atoms with Crippen LogP contribution in [0.4, 0.5) is 5.69 Å². The van der Waals surface area contributed by atoms with Gasteiger partial charge in [-0.05, 0) is 56.7 Å². The number of ether oxygens (including phenoxy) is 1. The quantitative estimate of drug-likeness (QED) is 0.261. The number of allylic oxidation sites excluding steroid dienone is 1. The van der Waals surface area contributed by atoms with Crippen molar-refractivity contribution in [2.45, 2.75) is 101 Å². The van der Waals surface area contributed by atoms with Gasteiger partial charge in [0.1, 0.15) is 47.7 Å². The summed E-state index contributed by atoms with van der Waals surface area (Å²) in [6.07, 6.45) is 2.80. The van der Waals surface area contributed by atoms with E-state index in [1.165, 1.54) is 53.2 Å². The van der Waals surface area contributed by atoms with Crippen LogP contribution < -0.4 is 21.5 Å². The molecule has 0 radical (unpaired) electrons. The fourth-order valence-electron chi connectivity index (χ4n) is 8.38. The number of carbonyl (C=O) groups excluding carboxylic acids is 6. The first-order chi connectivity index (χ1) is 26.2. The van der Waals surface area contributed by atoms with Crippen LogP contribution in [0.2, 0.25) is 5.02 Å². The van der Waals surface area contributed by atoms with Crippen molar-refractivity contribution in [2.24, 2.45) is 11.0 Å². The van der Waals surface area contributed by atoms with E-state index in [1.807, 2.05) is 0 Å². The third kappa shape index (κ3) is 6.47. The number of hydrazine groups is 2. The van der Waals surface area contributed by atoms with Crippen LogP contribution >= 0.6 is 11.6 Å². The highest BCUT2D eigenvalue weighted by atomic mass is 35.5. The number of hydrazone groups is 1. The first-order valence-corrected chi connectivity index (χ1v) is 19.0. The highest BCUT2D eigenvalue weighted by Gasteiger charge is 2.62. The summed E-state index contributed by atoms with van der Waals surface area (Å²) in [5, 5.41) is 26.4. The molecule has 8 atom stereocenters. The molecule has 55 heavy (non-hydrogen) atoms. The maximum atomic E-state index is 14.9. The number of hydrogen-bond donors (Lipinski definition) is 5. The van der Waals surface area contributed by atoms with Crippen molar-refractivity contribution < 1.29 is 38.6 Å². The third-order valence-corrected chi connectivity index (χ3v) is 11.8. The lowest BCUT2D eigenvalue weighted by molar-refractivity contribution is -0.162. The molecule has 0 bridgehead atoms. The first kappa shape index (κ1) is 38.5. The lowest BCUT2D eigenvalue weighted by Gasteiger charge is -2.43. The predicted octanol–water partition coefficient (Wildman–Crippen LogP) is -0.400. The smallest absolute Gasteiger partial charge is 0.268 e. The van der Waals surface area contributed by atoms with Gasteiger partial charge in [0, 0.05) is 42.8 Å². The van der Waals surface area contributed by atoms with Gasteiger partial charge in [0.25, 0.3) is 23.6 Å². The Bertz CT molecular complexity index is 1860. The molecule has 0 aromatic heterocycles. The molecular formula is C36H47ClN10O8. The molecule has 6 heterocycles. The van der Waals surface area contributed by atoms with Crippen LogP contribution in [0.15, 0.2) is 35.1 Å². The van der Waals surface area contributed by atoms with Gasteiger partial charge >= 0.3 is 0 Å². The van der Waals surface area contributed by atoms with Crippen LogP contribution in [-0.4, -0.2) is 141 Å². The van der Waals surface area contributed by atoms with Crippen molar-refractivity contribution in [2.75, 3.05) is 32.6 Å². The van der Waals surface area contributed by atoms with Crippen LogP contribution in [-0.2, 0) is 39.1 Å². The Morgan fingerprint density at radius 3 is 2.22 bits per heavy atom. The number of benzene rings is 1. The van der Waals surface area contributed by atoms with E-state index in [1.54, 1.807) is 32.0 Å². The first-order valence-electron chi connectivity index (χ1n) is 18.6. The van der Waals surface area contributed by atoms with E-state index in [2.05, 4.69) is 26.6 Å². The SMILES string of the molecule is COC1=C[C@H]2C(=O)N(C)[C@@H](C)C(=O)N3NCCC[C@@H]3C(=O)N3[C@H]4Nc5cc(Cl)ccc5[C@@]4(O)C[C@H]3C(=O)N[C@H](C(C)C)C(=O)N3NCCC[C@H]3C(=O)N2N=C1. The van der Waals surface area contributed by atoms with Crippen LogP contribution in [0, 0.1) is 5.92 Å². The molecule has 6 aliphatic heterocycles. The van der Waals surface area contributed by atoms with Crippen molar-refractivity contribution in [3.05, 3.63) is 40.6 Å². The van der Waals surface area contributed by atoms with Crippen molar-refractivity contribution in [3.8, 4) is 0 Å². The number of likely N-dealkylation sites (N-methyl/N-ethyl adjacent to an activating group) is 1. The summed E-state index contributed by atoms with van der Waals surface area (Å²) in [5.41, 5.74) is 5.25. The number of rotatable bonds is 2. The monoisotopic (exact) mass is 782 g/mol. The van der Waals surface area contributed by atoms with Gasteiger partial charge in [-0.3, -0.25) is 38.8 Å². The Kier molecular flexibility index (Phi) is 10.3. The summed E-state index contributed by atoms with van der Waals surface area (Å²) in [5.74, 6) is -4.13. The molecule has 1 aromatic rings. The fraction of sp³-hybridized carbons (Fsp3) is 0.583. The van der Waals surface area contributed by atoms with Crippen LogP contribution in [0.3, 0.4) is 0 Å². The molecule has 4 fully saturated rings. The molecule has 296 valence electrons. The molecular weight excluding hydrogens is 736 g/mol. The maximum Gasteiger partial charge on any atom is 0.268 e. The summed E-state index contributed by atoms with van der Waals surface area (Å²) in [6.45, 7) is 5.70. The molecule has 4 saturated heterocycles. The molecule has 18 nitrogen and oxygen atoms in total. The molecule has 5 N–H and O–H groups in total. The largest absolute Gasteiger partial charge is 0.495 e. The number of aliphatic hydroxyl groups is 1. The molecule has 19 heteroatoms. The molecule has 0 unspecified atom stereocenters. The minimum Gasteiger partial charge on any atom is -0.495 e. The number of fused-ring (bicyclic) bond motifs is 8. The Balaban J connectivity index is 1.33. The number of methoxy groups -OCH3 is 1. The summed E-state index contributed by atoms with van der Waals surface area (Å²) >= 11 is 6.30. The van der Waals surface area contributed by atoms with E-state index in [9.17, 15) is 33.9 Å². The van der Waals surface area contributed by atoms with E-state index >= 15 is 0 Å². The normalized spacial score (nSPS) is 33.1. The van der Waals surface area contributed by atoms with Gasteiger partial charge < -0.3 is 30.3 Å². The summed E-state index contributed by atoms with van der Waals surface area (Å²) in [6, 6.07) is -2.35. The zero-order chi connectivity index (χ0) is 39.5. The number of nitrogens with zero attached hydrogens (tertiary/aromatic N) is 6. The number of anilines is 1. The molecule has 0 saturated carbocycles. The average molecular weight is 783 g/mol. The molecule has 6 aliphatic rings. The van der Waals surface area contributed by atoms with Gasteiger partial charge in [0.15, 0.2) is 6.04 Å². The highest BCUT2D eigenvalue weighted by molar-refractivity contribution is 6.31. The van der Waals surface area contributed by atoms with Gasteiger partial charge in [-0.25, -0.2) is 15.9 Å². The van der Waals surface area contributed by atoms with Gasteiger partial charge in [-0.15, -0.1) is 0 Å². The molecule has 0 spiro atoms. The zero-order valence-corrected chi connectivity index (χ0v) is 32.1. The summed E-state index contributed by atoms with van der Waals surface area (Å²) in [7, 11) is 2.81. The Hall–Kier alpha value is -4.78. The van der Waals surface area contributed by atoms with Crippen LogP contribution in [0.5, 0.6) is 0 Å². The molecule has 6 amide bonds. The van der Waals surface area contributed by atoms with Gasteiger partial charge in [-0.2, -0.15) is 5.10 Å². The minimum absolute atomic E-state index is 0.211. The number of halogens is 1. The second-order valence-corrected chi connectivity index (χ2v) is 15.6. The Morgan fingerprint density at radius 1 is 0.909 bits per heavy atom. The van der Waals surface area contributed by atoms with Gasteiger partial charge in [0.2, 0.25) is 11.8 Å². The number of amides is 6. The lowest BCUT2D eigenvalue weighted by Crippen LogP contribution is -2.67. The van der Waals surface area contributed by atoms with Gasteiger partial charge in [-0.1, -0.05) is 31.5 Å². The Labute approximate surface area is 323 Å². The number of nitrogens with one attached hydrogen (secondary N) is 4. The second kappa shape index (κ2) is 14.7. The van der Waals surface area contributed by atoms with Crippen LogP contribution in [0.1, 0.15) is 58.4 Å². The van der Waals surface area contributed by atoms with Crippen molar-refractivity contribution in [1.82, 2.24) is 41.0 Å². The van der Waals surface area contributed by atoms with E-state index in [0.29, 0.717) is 42.2 Å². The van der Waals surface area contributed by atoms with E-state index in [0.717, 1.165) is 5.01 Å². The van der Waals surface area contributed by atoms with E-state index in [4.69, 9.17) is 16.3 Å². The number of carbonyl (C=O) groups is 6. The maximum absolute atomic E-state index is 14.9. The average Bonchev–Trinajstić information content (AvgIpc) is 3.64. The summed E-state index contributed by atoms with van der Waals surface area (Å²) in [4.78, 5) is 89.5. The van der Waals surface area contributed by atoms with Crippen molar-refractivity contribution in [3.63, 3.8) is 0 Å². The standard InChI is InChI=1S/C36H47ClN10O8/c1-18(2)28-34(53)46-25(9-7-13-39-46)33(52)47-26(15-21(55-5)17-40-47)31(50)43(4)19(3)30(49)45-24(8-6-12-38-45)32(51)44-27(29(48)42-28)16-36(54)22-11-10-20(37)14-23(22)41-35(36)44/h10-11,14-15,17-19,24-28,35,38-39,41,54H,6-9,12-13,16H2,1-5H3,(H,42,48)/t19-,24+,25-,26-,27-,28+,35+,36-/m0/s1. The third-order valence-electron chi connectivity index (χ3n) is 11.5. The summed E-state index contributed by atoms with van der Waals surface area (Å²) < 4.78 is 5.36. The molecule has 1 aromatic carbocycles. The number of hydrogen-bond acceptors (Lipinski definition) is 12.